The molecule has 0 spiro atoms. The molecule has 1 aliphatic carbocycles. The Morgan fingerprint density at radius 3 is 2.00 bits per heavy atom. The maximum absolute atomic E-state index is 12.7. The molecule has 3 nitrogen and oxygen atoms in total. The molecule has 0 amide bonds. The first kappa shape index (κ1) is 10.8. The van der Waals surface area contributed by atoms with E-state index in [2.05, 4.69) is 0 Å². The molecule has 1 saturated carbocycles. The fourth-order valence-electron chi connectivity index (χ4n) is 1.98. The summed E-state index contributed by atoms with van der Waals surface area (Å²) in [6.45, 7) is 0.162. The van der Waals surface area contributed by atoms with Crippen molar-refractivity contribution in [1.29, 1.82) is 0 Å². The molecule has 1 fully saturated rings. The van der Waals surface area contributed by atoms with Gasteiger partial charge in [-0.1, -0.05) is 0 Å². The van der Waals surface area contributed by atoms with Gasteiger partial charge in [-0.3, -0.25) is 0 Å². The van der Waals surface area contributed by atoms with Crippen LogP contribution in [0.1, 0.15) is 12.8 Å². The van der Waals surface area contributed by atoms with Crippen molar-refractivity contribution in [1.82, 2.24) is 0 Å². The molecule has 0 aromatic carbocycles. The van der Waals surface area contributed by atoms with E-state index in [1.807, 2.05) is 0 Å². The number of methoxy groups -OCH3 is 2. The summed E-state index contributed by atoms with van der Waals surface area (Å²) in [7, 11) is 2.87. The van der Waals surface area contributed by atoms with Crippen molar-refractivity contribution in [3.63, 3.8) is 0 Å². The molecule has 0 aliphatic heterocycles. The molecule has 0 unspecified atom stereocenters. The zero-order valence-electron chi connectivity index (χ0n) is 7.85. The molecule has 5 heteroatoms. The van der Waals surface area contributed by atoms with Crippen LogP contribution in [0.15, 0.2) is 0 Å². The van der Waals surface area contributed by atoms with Gasteiger partial charge in [-0.15, -0.1) is 0 Å². The van der Waals surface area contributed by atoms with Gasteiger partial charge < -0.3 is 15.2 Å². The van der Waals surface area contributed by atoms with Crippen LogP contribution in [0.3, 0.4) is 0 Å². The molecule has 0 bridgehead atoms. The van der Waals surface area contributed by atoms with Crippen LogP contribution in [-0.4, -0.2) is 33.0 Å². The molecule has 1 rings (SSSR count). The molecule has 0 saturated heterocycles. The van der Waals surface area contributed by atoms with E-state index >= 15 is 0 Å². The van der Waals surface area contributed by atoms with E-state index in [1.165, 1.54) is 14.2 Å². The fourth-order valence-corrected chi connectivity index (χ4v) is 1.98. The van der Waals surface area contributed by atoms with Crippen LogP contribution in [0.5, 0.6) is 0 Å². The molecule has 0 aromatic heterocycles. The Morgan fingerprint density at radius 2 is 1.77 bits per heavy atom. The molecule has 2 N–H and O–H groups in total. The van der Waals surface area contributed by atoms with Crippen LogP contribution in [-0.2, 0) is 9.47 Å². The van der Waals surface area contributed by atoms with Gasteiger partial charge in [0.2, 0.25) is 5.92 Å². The van der Waals surface area contributed by atoms with E-state index in [-0.39, 0.29) is 19.4 Å². The van der Waals surface area contributed by atoms with Crippen molar-refractivity contribution in [2.75, 3.05) is 20.8 Å². The van der Waals surface area contributed by atoms with Gasteiger partial charge in [0.15, 0.2) is 6.29 Å². The van der Waals surface area contributed by atoms with Crippen LogP contribution in [0.4, 0.5) is 8.78 Å². The Kier molecular flexibility index (Phi) is 2.89. The second-order valence-electron chi connectivity index (χ2n) is 3.58. The molecule has 13 heavy (non-hydrogen) atoms. The molecule has 0 radical (unpaired) electrons. The minimum absolute atomic E-state index is 0.162. The van der Waals surface area contributed by atoms with E-state index in [4.69, 9.17) is 15.2 Å². The Morgan fingerprint density at radius 1 is 1.31 bits per heavy atom. The van der Waals surface area contributed by atoms with Crippen molar-refractivity contribution < 1.29 is 18.3 Å². The Labute approximate surface area is 76.2 Å². The summed E-state index contributed by atoms with van der Waals surface area (Å²) >= 11 is 0. The maximum atomic E-state index is 12.7. The number of hydrogen-bond donors (Lipinski definition) is 1. The first-order valence-electron chi connectivity index (χ1n) is 4.13. The van der Waals surface area contributed by atoms with Crippen molar-refractivity contribution in [3.8, 4) is 0 Å². The topological polar surface area (TPSA) is 44.5 Å². The van der Waals surface area contributed by atoms with Gasteiger partial charge in [-0.05, 0) is 0 Å². The largest absolute Gasteiger partial charge is 0.355 e. The van der Waals surface area contributed by atoms with Crippen LogP contribution in [0, 0.1) is 5.41 Å². The van der Waals surface area contributed by atoms with Crippen LogP contribution in [0.25, 0.3) is 0 Å². The van der Waals surface area contributed by atoms with Gasteiger partial charge in [0.25, 0.3) is 0 Å². The van der Waals surface area contributed by atoms with Gasteiger partial charge in [-0.2, -0.15) is 0 Å². The summed E-state index contributed by atoms with van der Waals surface area (Å²) in [5, 5.41) is 0. The average Bonchev–Trinajstić information content (AvgIpc) is 2.02. The van der Waals surface area contributed by atoms with Crippen molar-refractivity contribution in [2.24, 2.45) is 11.1 Å². The van der Waals surface area contributed by atoms with E-state index in [0.29, 0.717) is 0 Å². The highest BCUT2D eigenvalue weighted by atomic mass is 19.3. The lowest BCUT2D eigenvalue weighted by atomic mass is 9.65. The lowest BCUT2D eigenvalue weighted by molar-refractivity contribution is -0.266. The first-order valence-corrected chi connectivity index (χ1v) is 4.13. The van der Waals surface area contributed by atoms with Crippen molar-refractivity contribution in [2.45, 2.75) is 25.1 Å². The van der Waals surface area contributed by atoms with Gasteiger partial charge in [0.05, 0.1) is 0 Å². The SMILES string of the molecule is COC(OC)C1(CN)CC(F)(F)C1. The van der Waals surface area contributed by atoms with Crippen LogP contribution >= 0.6 is 0 Å². The minimum atomic E-state index is -2.60. The van der Waals surface area contributed by atoms with E-state index < -0.39 is 17.6 Å². The molecular weight excluding hydrogens is 180 g/mol. The normalized spacial score (nSPS) is 24.5. The Balaban J connectivity index is 2.63. The average molecular weight is 195 g/mol. The third-order valence-corrected chi connectivity index (χ3v) is 2.56. The standard InChI is InChI=1S/C8H15F2NO2/c1-12-6(13-2)7(5-11)3-8(9,10)4-7/h6H,3-5,11H2,1-2H3. The van der Waals surface area contributed by atoms with Crippen molar-refractivity contribution >= 4 is 0 Å². The summed E-state index contributed by atoms with van der Waals surface area (Å²) in [6, 6.07) is 0. The predicted octanol–water partition coefficient (Wildman–Crippen LogP) is 0.979. The number of alkyl halides is 2. The van der Waals surface area contributed by atoms with E-state index in [0.717, 1.165) is 0 Å². The molecule has 1 aliphatic rings. The zero-order chi connectivity index (χ0) is 10.1. The number of ether oxygens (including phenoxy) is 2. The molecule has 0 heterocycles. The minimum Gasteiger partial charge on any atom is -0.355 e. The third kappa shape index (κ3) is 1.82. The smallest absolute Gasteiger partial charge is 0.249 e. The Hall–Kier alpha value is -0.260. The van der Waals surface area contributed by atoms with Gasteiger partial charge in [0.1, 0.15) is 0 Å². The lowest BCUT2D eigenvalue weighted by Gasteiger charge is -2.49. The molecular formula is C8H15F2NO2. The maximum Gasteiger partial charge on any atom is 0.249 e. The van der Waals surface area contributed by atoms with E-state index in [1.54, 1.807) is 0 Å². The molecule has 78 valence electrons. The monoisotopic (exact) mass is 195 g/mol. The molecule has 0 aromatic rings. The Bertz CT molecular complexity index is 175. The second kappa shape index (κ2) is 3.48. The summed E-state index contributed by atoms with van der Waals surface area (Å²) in [5.74, 6) is -2.60. The second-order valence-corrected chi connectivity index (χ2v) is 3.58. The summed E-state index contributed by atoms with van der Waals surface area (Å²) < 4.78 is 35.3. The highest BCUT2D eigenvalue weighted by molar-refractivity contribution is 5.01. The van der Waals surface area contributed by atoms with Crippen LogP contribution in [0.2, 0.25) is 0 Å². The van der Waals surface area contributed by atoms with Gasteiger partial charge in [-0.25, -0.2) is 8.78 Å². The highest BCUT2D eigenvalue weighted by Gasteiger charge is 2.60. The highest BCUT2D eigenvalue weighted by Crippen LogP contribution is 2.54. The van der Waals surface area contributed by atoms with Crippen molar-refractivity contribution in [3.05, 3.63) is 0 Å². The summed E-state index contributed by atoms with van der Waals surface area (Å²) in [5.41, 5.74) is 4.75. The summed E-state index contributed by atoms with van der Waals surface area (Å²) in [6.07, 6.45) is -1.12. The lowest BCUT2D eigenvalue weighted by Crippen LogP contribution is -2.58. The number of rotatable bonds is 4. The number of hydrogen-bond acceptors (Lipinski definition) is 3. The van der Waals surface area contributed by atoms with E-state index in [9.17, 15) is 8.78 Å². The summed E-state index contributed by atoms with van der Waals surface area (Å²) in [4.78, 5) is 0. The fraction of sp³-hybridized carbons (Fsp3) is 1.00. The predicted molar refractivity (Wildman–Crippen MR) is 43.5 cm³/mol. The third-order valence-electron chi connectivity index (χ3n) is 2.56. The number of nitrogens with two attached hydrogens (primary N) is 1. The quantitative estimate of drug-likeness (QED) is 0.680. The zero-order valence-corrected chi connectivity index (χ0v) is 7.85. The van der Waals surface area contributed by atoms with Gasteiger partial charge in [0, 0.05) is 39.0 Å². The first-order chi connectivity index (χ1) is 5.99. The number of halogens is 2. The van der Waals surface area contributed by atoms with Crippen LogP contribution < -0.4 is 5.73 Å². The van der Waals surface area contributed by atoms with Gasteiger partial charge >= 0.3 is 0 Å². The molecule has 0 atom stereocenters.